The van der Waals surface area contributed by atoms with Gasteiger partial charge in [0.25, 0.3) is 5.91 Å². The number of piperidine rings is 1. The molecule has 0 aliphatic carbocycles. The normalized spacial score (nSPS) is 15.9. The lowest BCUT2D eigenvalue weighted by Crippen LogP contribution is -2.49. The van der Waals surface area contributed by atoms with Gasteiger partial charge >= 0.3 is 0 Å². The van der Waals surface area contributed by atoms with E-state index in [1.165, 1.54) is 5.56 Å². The van der Waals surface area contributed by atoms with Crippen molar-refractivity contribution in [2.24, 2.45) is 5.41 Å². The van der Waals surface area contributed by atoms with E-state index in [1.54, 1.807) is 0 Å². The van der Waals surface area contributed by atoms with Crippen LogP contribution in [-0.4, -0.2) is 53.8 Å². The van der Waals surface area contributed by atoms with Crippen molar-refractivity contribution in [2.75, 3.05) is 26.2 Å². The summed E-state index contributed by atoms with van der Waals surface area (Å²) in [6.07, 6.45) is 1.63. The molecule has 2 amide bonds. The van der Waals surface area contributed by atoms with Crippen LogP contribution in [-0.2, 0) is 11.3 Å². The summed E-state index contributed by atoms with van der Waals surface area (Å²) in [6.45, 7) is 14.6. The molecule has 1 aromatic carbocycles. The highest BCUT2D eigenvalue weighted by molar-refractivity contribution is 5.94. The molecular formula is C22H35N3O2. The second-order valence-corrected chi connectivity index (χ2v) is 8.45. The molecule has 1 aliphatic heterocycles. The van der Waals surface area contributed by atoms with Gasteiger partial charge in [0, 0.05) is 36.7 Å². The van der Waals surface area contributed by atoms with Gasteiger partial charge in [-0.25, -0.2) is 0 Å². The molecule has 0 saturated carbocycles. The van der Waals surface area contributed by atoms with Gasteiger partial charge in [-0.1, -0.05) is 46.8 Å². The quantitative estimate of drug-likeness (QED) is 0.832. The number of nitrogens with zero attached hydrogens (tertiary/aromatic N) is 2. The lowest BCUT2D eigenvalue weighted by Gasteiger charge is -2.36. The van der Waals surface area contributed by atoms with E-state index in [-0.39, 0.29) is 23.3 Å². The Morgan fingerprint density at radius 2 is 1.63 bits per heavy atom. The van der Waals surface area contributed by atoms with Crippen molar-refractivity contribution in [1.82, 2.24) is 15.1 Å². The van der Waals surface area contributed by atoms with E-state index < -0.39 is 0 Å². The van der Waals surface area contributed by atoms with Crippen LogP contribution in [0.3, 0.4) is 0 Å². The molecule has 0 aromatic heterocycles. The highest BCUT2D eigenvalue weighted by Gasteiger charge is 2.30. The largest absolute Gasteiger partial charge is 0.349 e. The van der Waals surface area contributed by atoms with Gasteiger partial charge in [0.1, 0.15) is 0 Å². The summed E-state index contributed by atoms with van der Waals surface area (Å²) in [5, 5.41) is 3.13. The Morgan fingerprint density at radius 1 is 1.07 bits per heavy atom. The Labute approximate surface area is 164 Å². The second kappa shape index (κ2) is 9.36. The van der Waals surface area contributed by atoms with Crippen molar-refractivity contribution in [3.63, 3.8) is 0 Å². The van der Waals surface area contributed by atoms with Crippen LogP contribution in [0.25, 0.3) is 0 Å². The number of amides is 2. The highest BCUT2D eigenvalue weighted by atomic mass is 16.2. The van der Waals surface area contributed by atoms with Crippen molar-refractivity contribution < 1.29 is 9.59 Å². The Balaban J connectivity index is 1.85. The molecule has 0 spiro atoms. The first kappa shape index (κ1) is 21.4. The molecule has 1 saturated heterocycles. The number of hydrogen-bond donors (Lipinski definition) is 1. The van der Waals surface area contributed by atoms with E-state index in [9.17, 15) is 9.59 Å². The zero-order valence-electron chi connectivity index (χ0n) is 17.5. The van der Waals surface area contributed by atoms with E-state index in [2.05, 4.69) is 24.1 Å². The predicted molar refractivity (Wildman–Crippen MR) is 110 cm³/mol. The van der Waals surface area contributed by atoms with Crippen LogP contribution in [0.15, 0.2) is 24.3 Å². The van der Waals surface area contributed by atoms with Gasteiger partial charge in [0.2, 0.25) is 5.91 Å². The minimum Gasteiger partial charge on any atom is -0.349 e. The van der Waals surface area contributed by atoms with E-state index in [4.69, 9.17) is 0 Å². The summed E-state index contributed by atoms with van der Waals surface area (Å²) in [6, 6.07) is 8.03. The molecule has 1 N–H and O–H groups in total. The number of benzene rings is 1. The molecule has 27 heavy (non-hydrogen) atoms. The number of hydrogen-bond acceptors (Lipinski definition) is 3. The molecule has 0 atom stereocenters. The predicted octanol–water partition coefficient (Wildman–Crippen LogP) is 3.30. The van der Waals surface area contributed by atoms with Crippen LogP contribution in [0, 0.1) is 5.41 Å². The third kappa shape index (κ3) is 6.06. The average molecular weight is 374 g/mol. The Morgan fingerprint density at radius 3 is 2.11 bits per heavy atom. The van der Waals surface area contributed by atoms with Crippen molar-refractivity contribution in [3.05, 3.63) is 35.4 Å². The van der Waals surface area contributed by atoms with Crippen molar-refractivity contribution in [2.45, 2.75) is 60.0 Å². The fraction of sp³-hybridized carbons (Fsp3) is 0.636. The Kier molecular flexibility index (Phi) is 7.42. The fourth-order valence-electron chi connectivity index (χ4n) is 3.44. The summed E-state index contributed by atoms with van der Waals surface area (Å²) >= 11 is 0. The summed E-state index contributed by atoms with van der Waals surface area (Å²) in [5.74, 6) is 0.168. The average Bonchev–Trinajstić information content (AvgIpc) is 2.65. The SMILES string of the molecule is CCN(CC)Cc1ccc(C(=O)NC2CCN(C(=O)C(C)(C)C)CC2)cc1. The molecule has 2 rings (SSSR count). The van der Waals surface area contributed by atoms with Crippen LogP contribution < -0.4 is 5.32 Å². The van der Waals surface area contributed by atoms with Crippen LogP contribution in [0.4, 0.5) is 0 Å². The van der Waals surface area contributed by atoms with Crippen LogP contribution >= 0.6 is 0 Å². The molecular weight excluding hydrogens is 338 g/mol. The minimum absolute atomic E-state index is 0.0232. The highest BCUT2D eigenvalue weighted by Crippen LogP contribution is 2.21. The third-order valence-electron chi connectivity index (χ3n) is 5.28. The van der Waals surface area contributed by atoms with Crippen LogP contribution in [0.5, 0.6) is 0 Å². The van der Waals surface area contributed by atoms with Crippen molar-refractivity contribution in [1.29, 1.82) is 0 Å². The topological polar surface area (TPSA) is 52.7 Å². The Bertz CT molecular complexity index is 622. The van der Waals surface area contributed by atoms with Crippen LogP contribution in [0.2, 0.25) is 0 Å². The number of rotatable bonds is 6. The van der Waals surface area contributed by atoms with Gasteiger partial charge in [-0.3, -0.25) is 14.5 Å². The number of carbonyl (C=O) groups is 2. The van der Waals surface area contributed by atoms with E-state index >= 15 is 0 Å². The van der Waals surface area contributed by atoms with Crippen molar-refractivity contribution in [3.8, 4) is 0 Å². The molecule has 1 heterocycles. The molecule has 1 aliphatic rings. The molecule has 150 valence electrons. The maximum Gasteiger partial charge on any atom is 0.251 e. The lowest BCUT2D eigenvalue weighted by molar-refractivity contribution is -0.140. The minimum atomic E-state index is -0.344. The number of likely N-dealkylation sites (tertiary alicyclic amines) is 1. The van der Waals surface area contributed by atoms with E-state index in [1.807, 2.05) is 49.9 Å². The zero-order chi connectivity index (χ0) is 20.0. The number of carbonyl (C=O) groups excluding carboxylic acids is 2. The van der Waals surface area contributed by atoms with E-state index in [0.29, 0.717) is 18.7 Å². The first-order valence-electron chi connectivity index (χ1n) is 10.2. The third-order valence-corrected chi connectivity index (χ3v) is 5.28. The van der Waals surface area contributed by atoms with Gasteiger partial charge in [0.05, 0.1) is 0 Å². The zero-order valence-corrected chi connectivity index (χ0v) is 17.5. The first-order valence-corrected chi connectivity index (χ1v) is 10.2. The summed E-state index contributed by atoms with van der Waals surface area (Å²) in [4.78, 5) is 29.2. The van der Waals surface area contributed by atoms with Gasteiger partial charge < -0.3 is 10.2 Å². The molecule has 0 bridgehead atoms. The molecule has 5 nitrogen and oxygen atoms in total. The van der Waals surface area contributed by atoms with Crippen LogP contribution in [0.1, 0.15) is 63.4 Å². The second-order valence-electron chi connectivity index (χ2n) is 8.45. The molecule has 5 heteroatoms. The molecule has 1 aromatic rings. The van der Waals surface area contributed by atoms with Gasteiger partial charge in [-0.2, -0.15) is 0 Å². The lowest BCUT2D eigenvalue weighted by atomic mass is 9.93. The smallest absolute Gasteiger partial charge is 0.251 e. The molecule has 1 fully saturated rings. The van der Waals surface area contributed by atoms with Gasteiger partial charge in [0.15, 0.2) is 0 Å². The monoisotopic (exact) mass is 373 g/mol. The van der Waals surface area contributed by atoms with Gasteiger partial charge in [-0.05, 0) is 43.6 Å². The molecule has 0 radical (unpaired) electrons. The van der Waals surface area contributed by atoms with Gasteiger partial charge in [-0.15, -0.1) is 0 Å². The number of nitrogens with one attached hydrogen (secondary N) is 1. The summed E-state index contributed by atoms with van der Waals surface area (Å²) in [5.41, 5.74) is 1.58. The maximum atomic E-state index is 12.5. The first-order chi connectivity index (χ1) is 12.7. The summed E-state index contributed by atoms with van der Waals surface area (Å²) < 4.78 is 0. The standard InChI is InChI=1S/C22H35N3O2/c1-6-24(7-2)16-17-8-10-18(11-9-17)20(26)23-19-12-14-25(15-13-19)21(27)22(3,4)5/h8-11,19H,6-7,12-16H2,1-5H3,(H,23,26). The van der Waals surface area contributed by atoms with E-state index in [0.717, 1.165) is 32.5 Å². The summed E-state index contributed by atoms with van der Waals surface area (Å²) in [7, 11) is 0. The Hall–Kier alpha value is -1.88. The van der Waals surface area contributed by atoms with Crippen molar-refractivity contribution >= 4 is 11.8 Å². The fourth-order valence-corrected chi connectivity index (χ4v) is 3.44. The molecule has 0 unspecified atom stereocenters. The maximum absolute atomic E-state index is 12.5.